The summed E-state index contributed by atoms with van der Waals surface area (Å²) in [5.74, 6) is 0.595. The van der Waals surface area contributed by atoms with E-state index in [1.54, 1.807) is 0 Å². The molecule has 1 amide bonds. The smallest absolute Gasteiger partial charge is 0.257 e. The number of carbonyl (C=O) groups excluding carboxylic acids is 1. The second-order valence-electron chi connectivity index (χ2n) is 5.31. The largest absolute Gasteiger partial charge is 0.492 e. The molecule has 0 fully saturated rings. The first-order valence-electron chi connectivity index (χ1n) is 7.49. The third-order valence-corrected chi connectivity index (χ3v) is 4.61. The average molecular weight is 326 g/mol. The number of nitrogens with one attached hydrogen (secondary N) is 1. The molecule has 0 aliphatic rings. The number of para-hydroxylation sites is 1. The minimum Gasteiger partial charge on any atom is -0.492 e. The SMILES string of the molecule is CCOc1cccc2sc(NC(=O)c3ccc(C)c(C)c3)nc12. The van der Waals surface area contributed by atoms with Gasteiger partial charge in [-0.1, -0.05) is 23.5 Å². The Bertz CT molecular complexity index is 871. The van der Waals surface area contributed by atoms with Crippen LogP contribution in [-0.2, 0) is 0 Å². The predicted molar refractivity (Wildman–Crippen MR) is 94.7 cm³/mol. The van der Waals surface area contributed by atoms with E-state index >= 15 is 0 Å². The van der Waals surface area contributed by atoms with E-state index in [4.69, 9.17) is 4.74 Å². The first-order chi connectivity index (χ1) is 11.1. The number of benzene rings is 2. The van der Waals surface area contributed by atoms with E-state index in [0.717, 1.165) is 21.5 Å². The van der Waals surface area contributed by atoms with Crippen LogP contribution in [-0.4, -0.2) is 17.5 Å². The third-order valence-electron chi connectivity index (χ3n) is 3.67. The minimum absolute atomic E-state index is 0.148. The molecule has 3 aromatic rings. The van der Waals surface area contributed by atoms with Crippen LogP contribution >= 0.6 is 11.3 Å². The number of anilines is 1. The van der Waals surface area contributed by atoms with Crippen LogP contribution in [0.2, 0.25) is 0 Å². The van der Waals surface area contributed by atoms with Crippen LogP contribution in [0.5, 0.6) is 5.75 Å². The van der Waals surface area contributed by atoms with Crippen LogP contribution in [0.1, 0.15) is 28.4 Å². The zero-order chi connectivity index (χ0) is 16.4. The first-order valence-corrected chi connectivity index (χ1v) is 8.31. The fourth-order valence-electron chi connectivity index (χ4n) is 2.30. The van der Waals surface area contributed by atoms with Crippen LogP contribution in [0, 0.1) is 13.8 Å². The van der Waals surface area contributed by atoms with Gasteiger partial charge in [0.05, 0.1) is 11.3 Å². The quantitative estimate of drug-likeness (QED) is 0.764. The van der Waals surface area contributed by atoms with E-state index in [9.17, 15) is 4.79 Å². The Labute approximate surface area is 139 Å². The number of hydrogen-bond donors (Lipinski definition) is 1. The number of fused-ring (bicyclic) bond motifs is 1. The van der Waals surface area contributed by atoms with Crippen molar-refractivity contribution in [2.24, 2.45) is 0 Å². The van der Waals surface area contributed by atoms with E-state index in [2.05, 4.69) is 10.3 Å². The molecule has 0 saturated heterocycles. The van der Waals surface area contributed by atoms with E-state index in [1.807, 2.05) is 57.2 Å². The lowest BCUT2D eigenvalue weighted by Gasteiger charge is -2.05. The summed E-state index contributed by atoms with van der Waals surface area (Å²) in [7, 11) is 0. The molecule has 0 aliphatic carbocycles. The van der Waals surface area contributed by atoms with Gasteiger partial charge in [-0.05, 0) is 56.2 Å². The highest BCUT2D eigenvalue weighted by Crippen LogP contribution is 2.32. The Hall–Kier alpha value is -2.40. The van der Waals surface area contributed by atoms with Crippen LogP contribution < -0.4 is 10.1 Å². The maximum absolute atomic E-state index is 12.4. The molecule has 118 valence electrons. The molecule has 0 bridgehead atoms. The molecule has 1 heterocycles. The molecule has 0 aliphatic heterocycles. The van der Waals surface area contributed by atoms with Gasteiger partial charge in [0.1, 0.15) is 11.3 Å². The molecule has 1 aromatic heterocycles. The van der Waals surface area contributed by atoms with Gasteiger partial charge in [0.25, 0.3) is 5.91 Å². The van der Waals surface area contributed by atoms with Crippen molar-refractivity contribution in [2.75, 3.05) is 11.9 Å². The van der Waals surface area contributed by atoms with Gasteiger partial charge >= 0.3 is 0 Å². The van der Waals surface area contributed by atoms with Crippen molar-refractivity contribution < 1.29 is 9.53 Å². The Morgan fingerprint density at radius 1 is 1.22 bits per heavy atom. The number of carbonyl (C=O) groups is 1. The van der Waals surface area contributed by atoms with Crippen LogP contribution in [0.15, 0.2) is 36.4 Å². The number of nitrogens with zero attached hydrogens (tertiary/aromatic N) is 1. The highest BCUT2D eigenvalue weighted by Gasteiger charge is 2.13. The number of rotatable bonds is 4. The van der Waals surface area contributed by atoms with Gasteiger partial charge in [-0.3, -0.25) is 10.1 Å². The molecule has 4 nitrogen and oxygen atoms in total. The number of amides is 1. The average Bonchev–Trinajstić information content (AvgIpc) is 2.93. The van der Waals surface area contributed by atoms with Gasteiger partial charge < -0.3 is 4.74 Å². The fourth-order valence-corrected chi connectivity index (χ4v) is 3.18. The Balaban J connectivity index is 1.87. The molecule has 0 radical (unpaired) electrons. The lowest BCUT2D eigenvalue weighted by molar-refractivity contribution is 0.102. The van der Waals surface area contributed by atoms with Gasteiger partial charge in [-0.25, -0.2) is 4.98 Å². The molecule has 5 heteroatoms. The molecular formula is C18H18N2O2S. The molecular weight excluding hydrogens is 308 g/mol. The Morgan fingerprint density at radius 2 is 2.04 bits per heavy atom. The summed E-state index contributed by atoms with van der Waals surface area (Å²) in [5, 5.41) is 3.46. The van der Waals surface area contributed by atoms with Gasteiger partial charge in [-0.2, -0.15) is 0 Å². The van der Waals surface area contributed by atoms with Crippen molar-refractivity contribution in [3.05, 3.63) is 53.1 Å². The van der Waals surface area contributed by atoms with Gasteiger partial charge in [0, 0.05) is 5.56 Å². The molecule has 0 unspecified atom stereocenters. The van der Waals surface area contributed by atoms with E-state index in [-0.39, 0.29) is 5.91 Å². The number of aryl methyl sites for hydroxylation is 2. The van der Waals surface area contributed by atoms with Crippen LogP contribution in [0.25, 0.3) is 10.2 Å². The molecule has 2 aromatic carbocycles. The molecule has 0 atom stereocenters. The molecule has 0 saturated carbocycles. The van der Waals surface area contributed by atoms with Crippen molar-refractivity contribution in [2.45, 2.75) is 20.8 Å². The topological polar surface area (TPSA) is 51.2 Å². The zero-order valence-electron chi connectivity index (χ0n) is 13.3. The second-order valence-corrected chi connectivity index (χ2v) is 6.34. The van der Waals surface area contributed by atoms with Crippen LogP contribution in [0.3, 0.4) is 0 Å². The summed E-state index contributed by atoms with van der Waals surface area (Å²) < 4.78 is 6.57. The summed E-state index contributed by atoms with van der Waals surface area (Å²) in [6, 6.07) is 11.5. The molecule has 1 N–H and O–H groups in total. The normalized spacial score (nSPS) is 10.7. The summed E-state index contributed by atoms with van der Waals surface area (Å²) in [5.41, 5.74) is 3.69. The van der Waals surface area contributed by atoms with Crippen molar-refractivity contribution in [3.8, 4) is 5.75 Å². The van der Waals surface area contributed by atoms with Gasteiger partial charge in [0.15, 0.2) is 5.13 Å². The zero-order valence-corrected chi connectivity index (χ0v) is 14.2. The molecule has 23 heavy (non-hydrogen) atoms. The lowest BCUT2D eigenvalue weighted by atomic mass is 10.1. The number of aromatic nitrogens is 1. The number of thiazole rings is 1. The van der Waals surface area contributed by atoms with Crippen molar-refractivity contribution in [1.82, 2.24) is 4.98 Å². The monoisotopic (exact) mass is 326 g/mol. The van der Waals surface area contributed by atoms with E-state index < -0.39 is 0 Å². The maximum Gasteiger partial charge on any atom is 0.257 e. The summed E-state index contributed by atoms with van der Waals surface area (Å²) in [6.45, 7) is 6.55. The van der Waals surface area contributed by atoms with E-state index in [1.165, 1.54) is 16.9 Å². The Morgan fingerprint density at radius 3 is 2.78 bits per heavy atom. The van der Waals surface area contributed by atoms with Gasteiger partial charge in [-0.15, -0.1) is 0 Å². The standard InChI is InChI=1S/C18H18N2O2S/c1-4-22-14-6-5-7-15-16(14)19-18(23-15)20-17(21)13-9-8-11(2)12(3)10-13/h5-10H,4H2,1-3H3,(H,19,20,21). The van der Waals surface area contributed by atoms with Crippen LogP contribution in [0.4, 0.5) is 5.13 Å². The summed E-state index contributed by atoms with van der Waals surface area (Å²) in [6.07, 6.45) is 0. The fraction of sp³-hybridized carbons (Fsp3) is 0.222. The van der Waals surface area contributed by atoms with Crippen molar-refractivity contribution in [3.63, 3.8) is 0 Å². The third kappa shape index (κ3) is 3.19. The second kappa shape index (κ2) is 6.38. The number of hydrogen-bond acceptors (Lipinski definition) is 4. The lowest BCUT2D eigenvalue weighted by Crippen LogP contribution is -2.11. The van der Waals surface area contributed by atoms with Crippen molar-refractivity contribution >= 4 is 32.6 Å². The van der Waals surface area contributed by atoms with Gasteiger partial charge in [0.2, 0.25) is 0 Å². The van der Waals surface area contributed by atoms with E-state index in [0.29, 0.717) is 17.3 Å². The highest BCUT2D eigenvalue weighted by molar-refractivity contribution is 7.22. The number of ether oxygens (including phenoxy) is 1. The maximum atomic E-state index is 12.4. The van der Waals surface area contributed by atoms with Crippen molar-refractivity contribution in [1.29, 1.82) is 0 Å². The minimum atomic E-state index is -0.148. The first kappa shape index (κ1) is 15.5. The summed E-state index contributed by atoms with van der Waals surface area (Å²) in [4.78, 5) is 16.9. The summed E-state index contributed by atoms with van der Waals surface area (Å²) >= 11 is 1.44. The Kier molecular flexibility index (Phi) is 4.30. The highest BCUT2D eigenvalue weighted by atomic mass is 32.1. The molecule has 0 spiro atoms. The predicted octanol–water partition coefficient (Wildman–Crippen LogP) is 4.56. The molecule has 3 rings (SSSR count).